The third kappa shape index (κ3) is 6.25. The number of hydrazine groups is 1. The van der Waals surface area contributed by atoms with Crippen molar-refractivity contribution >= 4 is 35.0 Å². The van der Waals surface area contributed by atoms with Gasteiger partial charge in [-0.3, -0.25) is 9.36 Å². The van der Waals surface area contributed by atoms with E-state index in [-0.39, 0.29) is 29.2 Å². The van der Waals surface area contributed by atoms with E-state index in [2.05, 4.69) is 4.98 Å². The van der Waals surface area contributed by atoms with Gasteiger partial charge in [0.05, 0.1) is 12.2 Å². The quantitative estimate of drug-likeness (QED) is 0.0977. The van der Waals surface area contributed by atoms with E-state index < -0.39 is 34.4 Å². The maximum Gasteiger partial charge on any atom is 0.329 e. The molecule has 0 saturated heterocycles. The van der Waals surface area contributed by atoms with Crippen molar-refractivity contribution in [3.05, 3.63) is 122 Å². The number of carbonyl (C=O) groups excluding carboxylic acids is 1. The summed E-state index contributed by atoms with van der Waals surface area (Å²) in [6.45, 7) is 1.63. The minimum Gasteiger partial charge on any atom is -0.595 e. The highest BCUT2D eigenvalue weighted by molar-refractivity contribution is 6.30. The Labute approximate surface area is 227 Å². The third-order valence-electron chi connectivity index (χ3n) is 6.21. The molecule has 1 amide bonds. The van der Waals surface area contributed by atoms with Crippen molar-refractivity contribution in [2.45, 2.75) is 19.4 Å². The van der Waals surface area contributed by atoms with Gasteiger partial charge in [0.15, 0.2) is 5.69 Å². The topological polar surface area (TPSA) is 152 Å². The number of anilines is 1. The van der Waals surface area contributed by atoms with Crippen LogP contribution in [0.5, 0.6) is 5.88 Å². The molecule has 6 N–H and O–H groups in total. The number of nitrogens with one attached hydrogen (secondary N) is 2. The largest absolute Gasteiger partial charge is 0.595 e. The van der Waals surface area contributed by atoms with Crippen molar-refractivity contribution in [1.82, 2.24) is 9.55 Å². The zero-order chi connectivity index (χ0) is 28.3. The lowest BCUT2D eigenvalue weighted by Crippen LogP contribution is -2.99. The smallest absolute Gasteiger partial charge is 0.329 e. The predicted octanol–water partition coefficient (Wildman–Crippen LogP) is 3.22. The molecular formula is C27H25ClFN5O5. The first-order chi connectivity index (χ1) is 18.5. The zero-order valence-electron chi connectivity index (χ0n) is 20.6. The molecular weight excluding hydrogens is 529 g/mol. The summed E-state index contributed by atoms with van der Waals surface area (Å²) in [4.78, 5) is 28.8. The van der Waals surface area contributed by atoms with Gasteiger partial charge in [-0.15, -0.1) is 0 Å². The second kappa shape index (κ2) is 11.6. The van der Waals surface area contributed by atoms with E-state index in [1.165, 1.54) is 48.5 Å². The highest BCUT2D eigenvalue weighted by Gasteiger charge is 2.25. The zero-order valence-corrected chi connectivity index (χ0v) is 21.4. The Balaban J connectivity index is 1.75. The molecule has 1 heterocycles. The molecule has 0 spiro atoms. The molecule has 2 atom stereocenters. The number of hydrogen-bond acceptors (Lipinski definition) is 6. The first kappa shape index (κ1) is 27.8. The van der Waals surface area contributed by atoms with Crippen molar-refractivity contribution in [1.29, 1.82) is 0 Å². The third-order valence-corrected chi connectivity index (χ3v) is 6.46. The van der Waals surface area contributed by atoms with Gasteiger partial charge in [-0.25, -0.2) is 25.2 Å². The van der Waals surface area contributed by atoms with Crippen LogP contribution >= 0.6 is 11.6 Å². The molecule has 4 aromatic rings. The van der Waals surface area contributed by atoms with Gasteiger partial charge < -0.3 is 15.3 Å². The SMILES string of the molecule is CC(C(=Cc1[nH]c(=O)n(Cc2cccc(F)c2)c1O)C(=O)N(N)c1ccc([NH+]([O-])O)cc1)c1ccc(Cl)cc1. The standard InChI is InChI=1S/C27H25ClFN5O5/c1-16(18-5-7-19(28)8-6-18)23(25(35)33(30)21-9-11-22(12-10-21)34(38)39)14-24-26(36)32(27(37)31-24)15-17-3-2-4-20(29)13-17/h2-14,16,34,36,38H,15,30H2,1H3,(H,31,37). The normalized spacial score (nSPS) is 13.2. The molecule has 3 aromatic carbocycles. The van der Waals surface area contributed by atoms with E-state index in [9.17, 15) is 24.3 Å². The first-order valence-electron chi connectivity index (χ1n) is 11.7. The maximum absolute atomic E-state index is 13.6. The van der Waals surface area contributed by atoms with Gasteiger partial charge in [-0.05, 0) is 53.6 Å². The Hall–Kier alpha value is -4.26. The molecule has 0 fully saturated rings. The number of aromatic nitrogens is 2. The summed E-state index contributed by atoms with van der Waals surface area (Å²) in [5, 5.41) is 31.4. The fourth-order valence-electron chi connectivity index (χ4n) is 4.02. The summed E-state index contributed by atoms with van der Waals surface area (Å²) in [5.74, 6) is 3.97. The number of carbonyl (C=O) groups is 1. The van der Waals surface area contributed by atoms with Crippen LogP contribution in [0.3, 0.4) is 0 Å². The number of rotatable bonds is 8. The monoisotopic (exact) mass is 553 g/mol. The molecule has 0 saturated carbocycles. The summed E-state index contributed by atoms with van der Waals surface area (Å²) in [7, 11) is 0. The highest BCUT2D eigenvalue weighted by atomic mass is 35.5. The lowest BCUT2D eigenvalue weighted by Gasteiger charge is -2.23. The number of benzene rings is 3. The highest BCUT2D eigenvalue weighted by Crippen LogP contribution is 2.30. The number of H-pyrrole nitrogens is 1. The number of halogens is 2. The van der Waals surface area contributed by atoms with Gasteiger partial charge in [0, 0.05) is 28.6 Å². The Morgan fingerprint density at radius 2 is 1.87 bits per heavy atom. The van der Waals surface area contributed by atoms with E-state index in [0.29, 0.717) is 16.1 Å². The Morgan fingerprint density at radius 1 is 1.21 bits per heavy atom. The van der Waals surface area contributed by atoms with Crippen LogP contribution in [0.15, 0.2) is 83.2 Å². The van der Waals surface area contributed by atoms with E-state index in [4.69, 9.17) is 22.7 Å². The molecule has 4 rings (SSSR count). The number of amides is 1. The van der Waals surface area contributed by atoms with Crippen molar-refractivity contribution in [3.8, 4) is 5.88 Å². The van der Waals surface area contributed by atoms with Gasteiger partial charge in [-0.2, -0.15) is 5.23 Å². The van der Waals surface area contributed by atoms with Gasteiger partial charge in [0.2, 0.25) is 5.88 Å². The Bertz CT molecular complexity index is 1560. The summed E-state index contributed by atoms with van der Waals surface area (Å²) in [5.41, 5.74) is 0.794. The minimum absolute atomic E-state index is 0.0204. The van der Waals surface area contributed by atoms with Crippen molar-refractivity contribution < 1.29 is 24.7 Å². The number of nitrogens with zero attached hydrogens (tertiary/aromatic N) is 2. The molecule has 12 heteroatoms. The molecule has 1 aromatic heterocycles. The van der Waals surface area contributed by atoms with E-state index >= 15 is 0 Å². The number of hydrogen-bond donors (Lipinski definition) is 5. The van der Waals surface area contributed by atoms with Gasteiger partial charge in [0.1, 0.15) is 11.5 Å². The van der Waals surface area contributed by atoms with Gasteiger partial charge >= 0.3 is 5.69 Å². The average molecular weight is 554 g/mol. The molecule has 0 bridgehead atoms. The van der Waals surface area contributed by atoms with Crippen LogP contribution in [0, 0.1) is 11.0 Å². The Morgan fingerprint density at radius 3 is 2.49 bits per heavy atom. The van der Waals surface area contributed by atoms with Crippen molar-refractivity contribution in [2.75, 3.05) is 5.01 Å². The van der Waals surface area contributed by atoms with Crippen LogP contribution in [0.4, 0.5) is 15.8 Å². The van der Waals surface area contributed by atoms with Crippen LogP contribution in [0.2, 0.25) is 5.02 Å². The predicted molar refractivity (Wildman–Crippen MR) is 144 cm³/mol. The van der Waals surface area contributed by atoms with Crippen LogP contribution < -0.4 is 21.8 Å². The van der Waals surface area contributed by atoms with E-state index in [0.717, 1.165) is 9.58 Å². The number of quaternary nitrogens is 1. The molecule has 202 valence electrons. The summed E-state index contributed by atoms with van der Waals surface area (Å²) in [6.07, 6.45) is 1.33. The molecule has 0 aliphatic carbocycles. The summed E-state index contributed by atoms with van der Waals surface area (Å²) < 4.78 is 14.6. The van der Waals surface area contributed by atoms with Crippen molar-refractivity contribution in [2.24, 2.45) is 5.84 Å². The first-order valence-corrected chi connectivity index (χ1v) is 12.1. The molecule has 10 nitrogen and oxygen atoms in total. The maximum atomic E-state index is 13.6. The average Bonchev–Trinajstić information content (AvgIpc) is 3.18. The van der Waals surface area contributed by atoms with Crippen LogP contribution in [0.1, 0.15) is 29.7 Å². The summed E-state index contributed by atoms with van der Waals surface area (Å²) >= 11 is 6.02. The summed E-state index contributed by atoms with van der Waals surface area (Å²) in [6, 6.07) is 17.8. The molecule has 0 radical (unpaired) electrons. The lowest BCUT2D eigenvalue weighted by molar-refractivity contribution is -0.991. The second-order valence-corrected chi connectivity index (χ2v) is 9.22. The van der Waals surface area contributed by atoms with Crippen LogP contribution in [-0.2, 0) is 11.3 Å². The Kier molecular flexibility index (Phi) is 8.29. The van der Waals surface area contributed by atoms with E-state index in [1.807, 2.05) is 0 Å². The number of imidazole rings is 1. The van der Waals surface area contributed by atoms with Gasteiger partial charge in [-0.1, -0.05) is 42.8 Å². The molecule has 39 heavy (non-hydrogen) atoms. The number of aromatic hydroxyl groups is 1. The second-order valence-electron chi connectivity index (χ2n) is 8.78. The van der Waals surface area contributed by atoms with E-state index in [1.54, 1.807) is 37.3 Å². The lowest BCUT2D eigenvalue weighted by atomic mass is 9.91. The van der Waals surface area contributed by atoms with Crippen molar-refractivity contribution in [3.63, 3.8) is 0 Å². The number of aromatic amines is 1. The minimum atomic E-state index is -1.13. The van der Waals surface area contributed by atoms with Gasteiger partial charge in [0.25, 0.3) is 5.91 Å². The number of nitrogens with two attached hydrogens (primary N) is 1. The fourth-order valence-corrected chi connectivity index (χ4v) is 4.15. The molecule has 2 unspecified atom stereocenters. The van der Waals surface area contributed by atoms with Crippen LogP contribution in [-0.4, -0.2) is 25.8 Å². The van der Waals surface area contributed by atoms with Crippen LogP contribution in [0.25, 0.3) is 6.08 Å². The molecule has 0 aliphatic rings. The molecule has 0 aliphatic heterocycles. The fraction of sp³-hybridized carbons (Fsp3) is 0.111.